The number of anilines is 1. The van der Waals surface area contributed by atoms with Crippen molar-refractivity contribution >= 4 is 129 Å². The van der Waals surface area contributed by atoms with Crippen molar-refractivity contribution in [1.82, 2.24) is 27.4 Å². The van der Waals surface area contributed by atoms with E-state index in [0.29, 0.717) is 38.1 Å². The molecule has 7 aromatic carbocycles. The van der Waals surface area contributed by atoms with E-state index in [-0.39, 0.29) is 48.6 Å². The van der Waals surface area contributed by atoms with Gasteiger partial charge in [0.15, 0.2) is 5.52 Å². The first-order chi connectivity index (χ1) is 27.5. The molecule has 0 amide bonds. The molecule has 0 unspecified atom stereocenters. The Hall–Kier alpha value is -6.86. The van der Waals surface area contributed by atoms with Crippen LogP contribution in [-0.2, 0) is 20.0 Å². The SMILES string of the molecule is CN(C)S(=O)(=O)c1cc(N)c2c(c1)nc1c3ccc4c5ccc6c(=O)n7c(nc8cc(S(=O)(=O)N(C)C)cc([N+](=O)[O-])c87)c7ccc(c8ccc(c(=O)n12)c3c48)c5c67. The van der Waals surface area contributed by atoms with Gasteiger partial charge in [-0.05, 0) is 74.8 Å². The summed E-state index contributed by atoms with van der Waals surface area (Å²) >= 11 is 0. The average Bonchev–Trinajstić information content (AvgIpc) is 3.78. The molecule has 0 fully saturated rings. The van der Waals surface area contributed by atoms with Crippen molar-refractivity contribution in [1.29, 1.82) is 0 Å². The third-order valence-electron chi connectivity index (χ3n) is 11.5. The van der Waals surface area contributed by atoms with Gasteiger partial charge in [0.2, 0.25) is 20.0 Å². The standard InChI is InChI=1S/C40H26N8O8S2/c1-44(2)57(53,54)17-13-27(41)35-28(14-17)42-37-23-9-5-19-22-8-12-26-34-24(10-6-20(32(22)34)21-7-11-25(33(23)31(19)21)39(49)46(35)37)38-43-29-15-18(58(55,56)45(3)4)16-30(48(51)52)36(29)47(38)40(26)50/h5-16H,41H2,1-4H3. The van der Waals surface area contributed by atoms with Gasteiger partial charge in [0.1, 0.15) is 11.3 Å². The van der Waals surface area contributed by atoms with Gasteiger partial charge in [-0.3, -0.25) is 28.5 Å². The molecule has 2 N–H and O–H groups in total. The fourth-order valence-electron chi connectivity index (χ4n) is 8.85. The first-order valence-corrected chi connectivity index (χ1v) is 20.6. The quantitative estimate of drug-likeness (QED) is 0.0781. The second-order valence-electron chi connectivity index (χ2n) is 14.8. The van der Waals surface area contributed by atoms with Gasteiger partial charge >= 0.3 is 0 Å². The number of fused-ring (bicyclic) bond motifs is 10. The summed E-state index contributed by atoms with van der Waals surface area (Å²) < 4.78 is 56.9. The predicted molar refractivity (Wildman–Crippen MR) is 223 cm³/mol. The number of benzene rings is 7. The predicted octanol–water partition coefficient (Wildman–Crippen LogP) is 5.23. The molecule has 0 saturated heterocycles. The number of nitrogens with two attached hydrogens (primary N) is 1. The van der Waals surface area contributed by atoms with Gasteiger partial charge in [0, 0.05) is 66.6 Å². The number of imidazole rings is 2. The van der Waals surface area contributed by atoms with Gasteiger partial charge in [-0.1, -0.05) is 24.3 Å². The maximum absolute atomic E-state index is 14.5. The number of nitro benzene ring substituents is 1. The number of aromatic nitrogens is 4. The lowest BCUT2D eigenvalue weighted by molar-refractivity contribution is -0.383. The lowest BCUT2D eigenvalue weighted by atomic mass is 9.86. The number of hydrogen-bond donors (Lipinski definition) is 1. The minimum Gasteiger partial charge on any atom is -0.397 e. The summed E-state index contributed by atoms with van der Waals surface area (Å²) in [5.41, 5.74) is 5.92. The number of pyridine rings is 2. The van der Waals surface area contributed by atoms with E-state index >= 15 is 0 Å². The fourth-order valence-corrected chi connectivity index (χ4v) is 10.8. The van der Waals surface area contributed by atoms with Crippen molar-refractivity contribution < 1.29 is 21.8 Å². The highest BCUT2D eigenvalue weighted by atomic mass is 32.2. The van der Waals surface area contributed by atoms with Gasteiger partial charge in [-0.15, -0.1) is 0 Å². The number of nitrogen functional groups attached to an aromatic ring is 1. The van der Waals surface area contributed by atoms with Gasteiger partial charge in [-0.2, -0.15) is 0 Å². The van der Waals surface area contributed by atoms with Crippen LogP contribution >= 0.6 is 0 Å². The number of nitro groups is 1. The van der Waals surface area contributed by atoms with Crippen LogP contribution in [0.15, 0.2) is 92.2 Å². The highest BCUT2D eigenvalue weighted by Crippen LogP contribution is 2.46. The summed E-state index contributed by atoms with van der Waals surface area (Å²) in [6.07, 6.45) is 0. The molecular formula is C40H26N8O8S2. The zero-order valence-electron chi connectivity index (χ0n) is 30.7. The molecular weight excluding hydrogens is 785 g/mol. The molecule has 0 saturated carbocycles. The normalized spacial score (nSPS) is 13.4. The molecule has 58 heavy (non-hydrogen) atoms. The molecule has 0 atom stereocenters. The smallest absolute Gasteiger partial charge is 0.296 e. The van der Waals surface area contributed by atoms with Gasteiger partial charge < -0.3 is 5.73 Å². The van der Waals surface area contributed by atoms with Crippen LogP contribution in [0.1, 0.15) is 0 Å². The summed E-state index contributed by atoms with van der Waals surface area (Å²) in [6, 6.07) is 19.5. The maximum atomic E-state index is 14.5. The van der Waals surface area contributed by atoms with Crippen molar-refractivity contribution in [2.24, 2.45) is 0 Å². The lowest BCUT2D eigenvalue weighted by Gasteiger charge is -2.18. The van der Waals surface area contributed by atoms with Gasteiger partial charge in [0.05, 0.1) is 37.0 Å². The second-order valence-corrected chi connectivity index (χ2v) is 19.1. The largest absolute Gasteiger partial charge is 0.397 e. The highest BCUT2D eigenvalue weighted by Gasteiger charge is 2.30. The summed E-state index contributed by atoms with van der Waals surface area (Å²) in [5.74, 6) is 0. The molecule has 286 valence electrons. The van der Waals surface area contributed by atoms with Gasteiger partial charge in [0.25, 0.3) is 16.8 Å². The number of non-ortho nitro benzene ring substituents is 1. The maximum Gasteiger partial charge on any atom is 0.296 e. The minimum atomic E-state index is -4.09. The molecule has 0 aliphatic carbocycles. The van der Waals surface area contributed by atoms with Crippen LogP contribution < -0.4 is 16.9 Å². The van der Waals surface area contributed by atoms with E-state index < -0.39 is 36.2 Å². The zero-order valence-corrected chi connectivity index (χ0v) is 32.4. The Bertz CT molecular complexity index is 4090. The molecule has 16 nitrogen and oxygen atoms in total. The molecule has 4 heterocycles. The van der Waals surface area contributed by atoms with Crippen LogP contribution in [-0.4, -0.2) is 77.3 Å². The molecule has 0 radical (unpaired) electrons. The number of nitrogens with zero attached hydrogens (tertiary/aromatic N) is 7. The molecule has 0 spiro atoms. The zero-order chi connectivity index (χ0) is 40.6. The summed E-state index contributed by atoms with van der Waals surface area (Å²) in [6.45, 7) is 0. The van der Waals surface area contributed by atoms with Crippen molar-refractivity contribution in [3.05, 3.63) is 104 Å². The van der Waals surface area contributed by atoms with E-state index in [0.717, 1.165) is 47.0 Å². The fraction of sp³-hybridized carbons (Fsp3) is 0.100. The Morgan fingerprint density at radius 3 is 1.36 bits per heavy atom. The van der Waals surface area contributed by atoms with Crippen LogP contribution in [0.2, 0.25) is 0 Å². The Labute approximate surface area is 324 Å². The summed E-state index contributed by atoms with van der Waals surface area (Å²) in [7, 11) is -2.48. The first-order valence-electron chi connectivity index (χ1n) is 17.7. The average molecular weight is 811 g/mol. The van der Waals surface area contributed by atoms with Crippen LogP contribution in [0.3, 0.4) is 0 Å². The van der Waals surface area contributed by atoms with E-state index in [1.807, 2.05) is 30.3 Å². The number of sulfonamides is 2. The molecule has 18 heteroatoms. The monoisotopic (exact) mass is 810 g/mol. The third kappa shape index (κ3) is 3.98. The topological polar surface area (TPSA) is 213 Å². The van der Waals surface area contributed by atoms with Crippen LogP contribution in [0.4, 0.5) is 11.4 Å². The van der Waals surface area contributed by atoms with Crippen LogP contribution in [0, 0.1) is 10.1 Å². The number of hydrogen-bond acceptors (Lipinski definition) is 11. The Kier molecular flexibility index (Phi) is 6.37. The Morgan fingerprint density at radius 1 is 0.569 bits per heavy atom. The lowest BCUT2D eigenvalue weighted by Crippen LogP contribution is -2.22. The Balaban J connectivity index is 1.26. The number of rotatable bonds is 5. The summed E-state index contributed by atoms with van der Waals surface area (Å²) in [5, 5.41) is 20.2. The molecule has 4 aromatic heterocycles. The molecule has 0 bridgehead atoms. The Morgan fingerprint density at radius 2 is 0.931 bits per heavy atom. The minimum absolute atomic E-state index is 0.0204. The third-order valence-corrected chi connectivity index (χ3v) is 15.0. The molecule has 0 aliphatic rings. The van der Waals surface area contributed by atoms with Gasteiger partial charge in [-0.25, -0.2) is 35.4 Å². The van der Waals surface area contributed by atoms with Crippen molar-refractivity contribution in [2.45, 2.75) is 9.79 Å². The summed E-state index contributed by atoms with van der Waals surface area (Å²) in [4.78, 5) is 49.7. The second kappa shape index (κ2) is 10.7. The van der Waals surface area contributed by atoms with Crippen LogP contribution in [0.25, 0.3) is 98.0 Å². The van der Waals surface area contributed by atoms with Crippen molar-refractivity contribution in [3.63, 3.8) is 0 Å². The van der Waals surface area contributed by atoms with E-state index in [1.165, 1.54) is 55.2 Å². The molecule has 11 rings (SSSR count). The van der Waals surface area contributed by atoms with E-state index in [2.05, 4.69) is 4.98 Å². The first kappa shape index (κ1) is 34.4. The highest BCUT2D eigenvalue weighted by molar-refractivity contribution is 7.89. The van der Waals surface area contributed by atoms with E-state index in [4.69, 9.17) is 10.7 Å². The van der Waals surface area contributed by atoms with Crippen LogP contribution in [0.5, 0.6) is 0 Å². The molecule has 11 aromatic rings. The van der Waals surface area contributed by atoms with E-state index in [9.17, 15) is 36.5 Å². The van der Waals surface area contributed by atoms with Crippen molar-refractivity contribution in [2.75, 3.05) is 33.9 Å². The molecule has 0 aliphatic heterocycles. The van der Waals surface area contributed by atoms with Crippen molar-refractivity contribution in [3.8, 4) is 0 Å². The van der Waals surface area contributed by atoms with E-state index in [1.54, 1.807) is 18.2 Å².